The normalized spacial score (nSPS) is 14.1. The SMILES string of the molecule is CNC(C)c1c(C)nn(CCS(=O)(=O)C(C)C)c1C. The van der Waals surface area contributed by atoms with E-state index in [0.29, 0.717) is 6.54 Å². The lowest BCUT2D eigenvalue weighted by Gasteiger charge is -2.12. The molecule has 110 valence electrons. The highest BCUT2D eigenvalue weighted by atomic mass is 32.2. The maximum absolute atomic E-state index is 11.8. The predicted octanol–water partition coefficient (Wildman–Crippen LogP) is 1.60. The van der Waals surface area contributed by atoms with Crippen LogP contribution in [0.1, 0.15) is 43.8 Å². The topological polar surface area (TPSA) is 64.0 Å². The Labute approximate surface area is 116 Å². The molecule has 1 rings (SSSR count). The van der Waals surface area contributed by atoms with Crippen molar-refractivity contribution in [2.45, 2.75) is 52.5 Å². The van der Waals surface area contributed by atoms with E-state index in [9.17, 15) is 8.42 Å². The predicted molar refractivity (Wildman–Crippen MR) is 78.1 cm³/mol. The van der Waals surface area contributed by atoms with Gasteiger partial charge in [0.2, 0.25) is 0 Å². The Hall–Kier alpha value is -0.880. The molecule has 6 heteroatoms. The summed E-state index contributed by atoms with van der Waals surface area (Å²) in [5, 5.41) is 7.32. The van der Waals surface area contributed by atoms with Crippen LogP contribution in [0.4, 0.5) is 0 Å². The van der Waals surface area contributed by atoms with Crippen molar-refractivity contribution in [3.8, 4) is 0 Å². The zero-order chi connectivity index (χ0) is 14.8. The fourth-order valence-electron chi connectivity index (χ4n) is 2.15. The van der Waals surface area contributed by atoms with Crippen LogP contribution in [0.2, 0.25) is 0 Å². The quantitative estimate of drug-likeness (QED) is 0.863. The van der Waals surface area contributed by atoms with Crippen molar-refractivity contribution in [3.63, 3.8) is 0 Å². The molecule has 1 atom stereocenters. The number of sulfone groups is 1. The third kappa shape index (κ3) is 3.57. The molecule has 0 radical (unpaired) electrons. The van der Waals surface area contributed by atoms with Gasteiger partial charge in [0, 0.05) is 17.3 Å². The van der Waals surface area contributed by atoms with Gasteiger partial charge in [-0.25, -0.2) is 8.42 Å². The minimum atomic E-state index is -3.02. The van der Waals surface area contributed by atoms with Crippen LogP contribution in [0.25, 0.3) is 0 Å². The minimum Gasteiger partial charge on any atom is -0.313 e. The number of hydrogen-bond acceptors (Lipinski definition) is 4. The molecule has 1 aromatic rings. The summed E-state index contributed by atoms with van der Waals surface area (Å²) in [7, 11) is -1.11. The van der Waals surface area contributed by atoms with E-state index >= 15 is 0 Å². The molecule has 0 saturated heterocycles. The second-order valence-electron chi connectivity index (χ2n) is 5.23. The van der Waals surface area contributed by atoms with Gasteiger partial charge in [-0.2, -0.15) is 5.10 Å². The molecule has 1 N–H and O–H groups in total. The van der Waals surface area contributed by atoms with Crippen LogP contribution in [-0.4, -0.2) is 36.2 Å². The van der Waals surface area contributed by atoms with Crippen LogP contribution in [0, 0.1) is 13.8 Å². The van der Waals surface area contributed by atoms with E-state index in [0.717, 1.165) is 17.0 Å². The van der Waals surface area contributed by atoms with Crippen LogP contribution in [0.15, 0.2) is 0 Å². The van der Waals surface area contributed by atoms with Crippen molar-refractivity contribution < 1.29 is 8.42 Å². The fourth-order valence-corrected chi connectivity index (χ4v) is 3.05. The molecule has 0 aliphatic rings. The van der Waals surface area contributed by atoms with E-state index in [1.165, 1.54) is 0 Å². The van der Waals surface area contributed by atoms with E-state index in [2.05, 4.69) is 17.3 Å². The summed E-state index contributed by atoms with van der Waals surface area (Å²) in [6.07, 6.45) is 0. The van der Waals surface area contributed by atoms with Gasteiger partial charge in [-0.1, -0.05) is 0 Å². The molecule has 0 aliphatic heterocycles. The van der Waals surface area contributed by atoms with Crippen molar-refractivity contribution in [2.24, 2.45) is 0 Å². The van der Waals surface area contributed by atoms with Gasteiger partial charge in [0.25, 0.3) is 0 Å². The summed E-state index contributed by atoms with van der Waals surface area (Å²) >= 11 is 0. The van der Waals surface area contributed by atoms with Crippen molar-refractivity contribution in [3.05, 3.63) is 17.0 Å². The smallest absolute Gasteiger partial charge is 0.154 e. The molecule has 0 bridgehead atoms. The Kier molecular flexibility index (Phi) is 5.15. The largest absolute Gasteiger partial charge is 0.313 e. The summed E-state index contributed by atoms with van der Waals surface area (Å²) in [4.78, 5) is 0. The average Bonchev–Trinajstić information content (AvgIpc) is 2.61. The molecule has 1 aromatic heterocycles. The number of nitrogens with zero attached hydrogens (tertiary/aromatic N) is 2. The van der Waals surface area contributed by atoms with Crippen LogP contribution in [0.3, 0.4) is 0 Å². The zero-order valence-corrected chi connectivity index (χ0v) is 13.5. The number of hydrogen-bond donors (Lipinski definition) is 1. The third-order valence-electron chi connectivity index (χ3n) is 3.61. The lowest BCUT2D eigenvalue weighted by Crippen LogP contribution is -2.22. The summed E-state index contributed by atoms with van der Waals surface area (Å²) < 4.78 is 25.5. The Morgan fingerprint density at radius 1 is 1.26 bits per heavy atom. The number of aromatic nitrogens is 2. The van der Waals surface area contributed by atoms with Crippen molar-refractivity contribution in [1.29, 1.82) is 0 Å². The molecular weight excluding hydrogens is 262 g/mol. The highest BCUT2D eigenvalue weighted by Gasteiger charge is 2.19. The van der Waals surface area contributed by atoms with Crippen molar-refractivity contribution >= 4 is 9.84 Å². The first kappa shape index (κ1) is 16.2. The Morgan fingerprint density at radius 3 is 2.32 bits per heavy atom. The highest BCUT2D eigenvalue weighted by Crippen LogP contribution is 2.21. The zero-order valence-electron chi connectivity index (χ0n) is 12.7. The molecule has 0 amide bonds. The first-order valence-corrected chi connectivity index (χ1v) is 8.35. The summed E-state index contributed by atoms with van der Waals surface area (Å²) in [5.74, 6) is 0.139. The third-order valence-corrected chi connectivity index (χ3v) is 5.80. The Bertz CT molecular complexity index is 532. The molecule has 0 aromatic carbocycles. The highest BCUT2D eigenvalue weighted by molar-refractivity contribution is 7.91. The maximum atomic E-state index is 11.8. The van der Waals surface area contributed by atoms with Gasteiger partial charge in [0.15, 0.2) is 9.84 Å². The van der Waals surface area contributed by atoms with Crippen LogP contribution in [-0.2, 0) is 16.4 Å². The first-order valence-electron chi connectivity index (χ1n) is 6.63. The number of aryl methyl sites for hydroxylation is 2. The van der Waals surface area contributed by atoms with Crippen LogP contribution >= 0.6 is 0 Å². The molecule has 0 saturated carbocycles. The van der Waals surface area contributed by atoms with Gasteiger partial charge in [-0.05, 0) is 41.7 Å². The van der Waals surface area contributed by atoms with Crippen molar-refractivity contribution in [2.75, 3.05) is 12.8 Å². The van der Waals surface area contributed by atoms with Gasteiger partial charge in [-0.15, -0.1) is 0 Å². The van der Waals surface area contributed by atoms with E-state index in [4.69, 9.17) is 0 Å². The second kappa shape index (κ2) is 6.05. The van der Waals surface area contributed by atoms with Gasteiger partial charge in [-0.3, -0.25) is 4.68 Å². The average molecular weight is 287 g/mol. The molecule has 0 fully saturated rings. The van der Waals surface area contributed by atoms with Gasteiger partial charge < -0.3 is 5.32 Å². The number of nitrogens with one attached hydrogen (secondary N) is 1. The van der Waals surface area contributed by atoms with E-state index in [-0.39, 0.29) is 17.0 Å². The maximum Gasteiger partial charge on any atom is 0.154 e. The fraction of sp³-hybridized carbons (Fsp3) is 0.769. The standard InChI is InChI=1S/C13H25N3O2S/c1-9(2)19(17,18)8-7-16-12(5)13(10(3)14-6)11(4)15-16/h9-10,14H,7-8H2,1-6H3. The molecule has 1 heterocycles. The van der Waals surface area contributed by atoms with E-state index < -0.39 is 9.84 Å². The summed E-state index contributed by atoms with van der Waals surface area (Å²) in [6.45, 7) is 9.88. The van der Waals surface area contributed by atoms with Crippen LogP contribution < -0.4 is 5.32 Å². The van der Waals surface area contributed by atoms with E-state index in [1.54, 1.807) is 18.5 Å². The van der Waals surface area contributed by atoms with Crippen molar-refractivity contribution in [1.82, 2.24) is 15.1 Å². The second-order valence-corrected chi connectivity index (χ2v) is 7.91. The molecule has 5 nitrogen and oxygen atoms in total. The monoisotopic (exact) mass is 287 g/mol. The summed E-state index contributed by atoms with van der Waals surface area (Å²) in [6, 6.07) is 0.218. The molecule has 0 spiro atoms. The first-order chi connectivity index (χ1) is 8.70. The Balaban J connectivity index is 2.93. The lowest BCUT2D eigenvalue weighted by atomic mass is 10.1. The lowest BCUT2D eigenvalue weighted by molar-refractivity contribution is 0.568. The van der Waals surface area contributed by atoms with Gasteiger partial charge in [0.05, 0.1) is 23.2 Å². The molecular formula is C13H25N3O2S. The Morgan fingerprint density at radius 2 is 1.84 bits per heavy atom. The minimum absolute atomic E-state index is 0.139. The van der Waals surface area contributed by atoms with Gasteiger partial charge >= 0.3 is 0 Å². The van der Waals surface area contributed by atoms with Crippen LogP contribution in [0.5, 0.6) is 0 Å². The summed E-state index contributed by atoms with van der Waals surface area (Å²) in [5.41, 5.74) is 3.16. The molecule has 0 aliphatic carbocycles. The van der Waals surface area contributed by atoms with Gasteiger partial charge in [0.1, 0.15) is 0 Å². The number of rotatable bonds is 6. The van der Waals surface area contributed by atoms with E-state index in [1.807, 2.05) is 20.9 Å². The molecule has 19 heavy (non-hydrogen) atoms. The molecule has 1 unspecified atom stereocenters.